The van der Waals surface area contributed by atoms with Crippen molar-refractivity contribution < 1.29 is 22.7 Å². The highest BCUT2D eigenvalue weighted by molar-refractivity contribution is 5.82. The number of nitrogens with two attached hydrogens (primary N) is 1. The molecule has 1 amide bonds. The van der Waals surface area contributed by atoms with E-state index in [1.165, 1.54) is 7.11 Å². The van der Waals surface area contributed by atoms with Crippen LogP contribution in [0, 0.1) is 6.92 Å². The lowest BCUT2D eigenvalue weighted by molar-refractivity contribution is -0.187. The topological polar surface area (TPSA) is 55.6 Å². The van der Waals surface area contributed by atoms with Crippen LogP contribution in [0.5, 0.6) is 5.75 Å². The van der Waals surface area contributed by atoms with Gasteiger partial charge >= 0.3 is 12.1 Å². The fraction of sp³-hybridized carbons (Fsp3) is 0.533. The summed E-state index contributed by atoms with van der Waals surface area (Å²) >= 11 is 0. The van der Waals surface area contributed by atoms with Crippen LogP contribution in [0.1, 0.15) is 24.0 Å². The Labute approximate surface area is 127 Å². The van der Waals surface area contributed by atoms with Crippen LogP contribution in [0.25, 0.3) is 0 Å². The van der Waals surface area contributed by atoms with Crippen LogP contribution in [-0.4, -0.2) is 37.2 Å². The second kappa shape index (κ2) is 5.79. The van der Waals surface area contributed by atoms with Crippen LogP contribution in [0.4, 0.5) is 13.2 Å². The molecule has 1 unspecified atom stereocenters. The second-order valence-corrected chi connectivity index (χ2v) is 5.67. The van der Waals surface area contributed by atoms with E-state index in [1.807, 2.05) is 6.92 Å². The summed E-state index contributed by atoms with van der Waals surface area (Å²) in [6.45, 7) is 1.77. The zero-order chi connectivity index (χ0) is 16.5. The van der Waals surface area contributed by atoms with Crippen LogP contribution in [0.3, 0.4) is 0 Å². The molecule has 1 aromatic carbocycles. The van der Waals surface area contributed by atoms with E-state index in [-0.39, 0.29) is 13.1 Å². The van der Waals surface area contributed by atoms with Gasteiger partial charge in [-0.05, 0) is 43.0 Å². The van der Waals surface area contributed by atoms with Crippen LogP contribution in [0.2, 0.25) is 0 Å². The van der Waals surface area contributed by atoms with Gasteiger partial charge in [0, 0.05) is 13.1 Å². The van der Waals surface area contributed by atoms with E-state index in [2.05, 4.69) is 0 Å². The molecule has 1 heterocycles. The summed E-state index contributed by atoms with van der Waals surface area (Å²) in [6.07, 6.45) is -3.90. The number of nitrogens with zero attached hydrogens (tertiary/aromatic N) is 1. The molecule has 2 rings (SSSR count). The highest BCUT2D eigenvalue weighted by atomic mass is 19.4. The Bertz CT molecular complexity index is 574. The van der Waals surface area contributed by atoms with Gasteiger partial charge in [-0.2, -0.15) is 13.2 Å². The van der Waals surface area contributed by atoms with Gasteiger partial charge < -0.3 is 15.4 Å². The largest absolute Gasteiger partial charge is 0.497 e. The van der Waals surface area contributed by atoms with Gasteiger partial charge in [-0.1, -0.05) is 6.07 Å². The zero-order valence-corrected chi connectivity index (χ0v) is 12.5. The number of piperidine rings is 1. The highest BCUT2D eigenvalue weighted by Gasteiger charge is 2.46. The lowest BCUT2D eigenvalue weighted by Gasteiger charge is -2.41. The summed E-state index contributed by atoms with van der Waals surface area (Å²) in [7, 11) is 1.54. The average Bonchev–Trinajstić information content (AvgIpc) is 2.45. The van der Waals surface area contributed by atoms with Crippen LogP contribution >= 0.6 is 0 Å². The van der Waals surface area contributed by atoms with Crippen LogP contribution in [-0.2, 0) is 10.3 Å². The first kappa shape index (κ1) is 16.6. The number of hydrogen-bond donors (Lipinski definition) is 1. The minimum Gasteiger partial charge on any atom is -0.497 e. The lowest BCUT2D eigenvalue weighted by Crippen LogP contribution is -2.56. The molecule has 22 heavy (non-hydrogen) atoms. The van der Waals surface area contributed by atoms with Crippen molar-refractivity contribution >= 4 is 5.91 Å². The summed E-state index contributed by atoms with van der Waals surface area (Å²) in [5, 5.41) is 0. The first-order valence-corrected chi connectivity index (χ1v) is 6.97. The van der Waals surface area contributed by atoms with Crippen molar-refractivity contribution in [1.82, 2.24) is 4.90 Å². The standard InChI is InChI=1S/C15H19F3N2O2/c1-10-8-11(22-2)4-5-12(10)14(19)6-3-7-20(9-14)13(21)15(16,17)18/h4-5,8H,3,6-7,9,19H2,1-2H3. The Morgan fingerprint density at radius 2 is 2.09 bits per heavy atom. The third kappa shape index (κ3) is 3.19. The van der Waals surface area contributed by atoms with Crippen molar-refractivity contribution in [3.8, 4) is 5.75 Å². The van der Waals surface area contributed by atoms with E-state index < -0.39 is 17.6 Å². The number of carbonyl (C=O) groups is 1. The van der Waals surface area contributed by atoms with E-state index >= 15 is 0 Å². The molecule has 0 aliphatic carbocycles. The molecule has 0 bridgehead atoms. The second-order valence-electron chi connectivity index (χ2n) is 5.67. The van der Waals surface area contributed by atoms with Crippen LogP contribution < -0.4 is 10.5 Å². The Morgan fingerprint density at radius 3 is 2.64 bits per heavy atom. The lowest BCUT2D eigenvalue weighted by atomic mass is 9.81. The van der Waals surface area contributed by atoms with Gasteiger partial charge in [0.05, 0.1) is 12.6 Å². The molecule has 0 radical (unpaired) electrons. The Balaban J connectivity index is 2.28. The number of carbonyl (C=O) groups excluding carboxylic acids is 1. The molecule has 1 aliphatic heterocycles. The van der Waals surface area contributed by atoms with Gasteiger partial charge in [0.15, 0.2) is 0 Å². The van der Waals surface area contributed by atoms with Crippen molar-refractivity contribution in [3.05, 3.63) is 29.3 Å². The fourth-order valence-corrected chi connectivity index (χ4v) is 2.98. The van der Waals surface area contributed by atoms with Crippen molar-refractivity contribution in [3.63, 3.8) is 0 Å². The average molecular weight is 316 g/mol. The number of methoxy groups -OCH3 is 1. The molecule has 122 valence electrons. The monoisotopic (exact) mass is 316 g/mol. The van der Waals surface area contributed by atoms with Gasteiger partial charge in [-0.3, -0.25) is 4.79 Å². The number of ether oxygens (including phenoxy) is 1. The minimum absolute atomic E-state index is 0.0759. The summed E-state index contributed by atoms with van der Waals surface area (Å²) in [5.74, 6) is -1.17. The molecular formula is C15H19F3N2O2. The molecule has 1 atom stereocenters. The molecule has 7 heteroatoms. The number of halogens is 3. The summed E-state index contributed by atoms with van der Waals surface area (Å²) in [4.78, 5) is 12.2. The molecule has 0 spiro atoms. The van der Waals surface area contributed by atoms with Gasteiger partial charge in [-0.25, -0.2) is 0 Å². The summed E-state index contributed by atoms with van der Waals surface area (Å²) in [6, 6.07) is 5.27. The number of amides is 1. The Morgan fingerprint density at radius 1 is 1.41 bits per heavy atom. The predicted molar refractivity (Wildman–Crippen MR) is 75.5 cm³/mol. The fourth-order valence-electron chi connectivity index (χ4n) is 2.98. The van der Waals surface area contributed by atoms with Gasteiger partial charge in [0.2, 0.25) is 0 Å². The molecule has 1 fully saturated rings. The van der Waals surface area contributed by atoms with E-state index in [9.17, 15) is 18.0 Å². The maximum absolute atomic E-state index is 12.6. The number of alkyl halides is 3. The summed E-state index contributed by atoms with van der Waals surface area (Å²) in [5.41, 5.74) is 6.95. The van der Waals surface area contributed by atoms with Crippen molar-refractivity contribution in [2.24, 2.45) is 5.73 Å². The minimum atomic E-state index is -4.87. The van der Waals surface area contributed by atoms with Gasteiger partial charge in [0.25, 0.3) is 0 Å². The third-order valence-corrected chi connectivity index (χ3v) is 4.02. The number of hydrogen-bond acceptors (Lipinski definition) is 3. The van der Waals surface area contributed by atoms with Crippen molar-refractivity contribution in [2.45, 2.75) is 31.5 Å². The predicted octanol–water partition coefficient (Wildman–Crippen LogP) is 2.34. The normalized spacial score (nSPS) is 22.5. The zero-order valence-electron chi connectivity index (χ0n) is 12.5. The highest BCUT2D eigenvalue weighted by Crippen LogP contribution is 2.34. The smallest absolute Gasteiger partial charge is 0.471 e. The Kier molecular flexibility index (Phi) is 4.37. The third-order valence-electron chi connectivity index (χ3n) is 4.02. The number of aryl methyl sites for hydroxylation is 1. The SMILES string of the molecule is COc1ccc(C2(N)CCCN(C(=O)C(F)(F)F)C2)c(C)c1. The maximum Gasteiger partial charge on any atom is 0.471 e. The van der Waals surface area contributed by atoms with Crippen molar-refractivity contribution in [1.29, 1.82) is 0 Å². The molecule has 0 aromatic heterocycles. The molecule has 0 saturated carbocycles. The number of rotatable bonds is 2. The molecule has 1 aliphatic rings. The van der Waals surface area contributed by atoms with Crippen LogP contribution in [0.15, 0.2) is 18.2 Å². The molecule has 4 nitrogen and oxygen atoms in total. The molecule has 2 N–H and O–H groups in total. The quantitative estimate of drug-likeness (QED) is 0.911. The number of likely N-dealkylation sites (tertiary alicyclic amines) is 1. The van der Waals surface area contributed by atoms with E-state index in [4.69, 9.17) is 10.5 Å². The van der Waals surface area contributed by atoms with Crippen molar-refractivity contribution in [2.75, 3.05) is 20.2 Å². The molecule has 1 aromatic rings. The summed E-state index contributed by atoms with van der Waals surface area (Å²) < 4.78 is 43.0. The molecular weight excluding hydrogens is 297 g/mol. The Hall–Kier alpha value is -1.76. The van der Waals surface area contributed by atoms with Gasteiger partial charge in [-0.15, -0.1) is 0 Å². The van der Waals surface area contributed by atoms with E-state index in [0.717, 1.165) is 16.0 Å². The molecule has 1 saturated heterocycles. The number of benzene rings is 1. The van der Waals surface area contributed by atoms with E-state index in [1.54, 1.807) is 18.2 Å². The van der Waals surface area contributed by atoms with E-state index in [0.29, 0.717) is 18.6 Å². The van der Waals surface area contributed by atoms with Gasteiger partial charge in [0.1, 0.15) is 5.75 Å². The first-order valence-electron chi connectivity index (χ1n) is 6.97. The first-order chi connectivity index (χ1) is 10.2. The maximum atomic E-state index is 12.6.